The molecule has 0 radical (unpaired) electrons. The van der Waals surface area contributed by atoms with Gasteiger partial charge in [-0.25, -0.2) is 13.4 Å². The Labute approximate surface area is 247 Å². The lowest BCUT2D eigenvalue weighted by Gasteiger charge is -2.49. The molecule has 1 N–H and O–H groups in total. The number of nitriles is 1. The third kappa shape index (κ3) is 7.53. The number of hydrogen-bond acceptors (Lipinski definition) is 6. The van der Waals surface area contributed by atoms with Crippen LogP contribution in [0.2, 0.25) is 5.02 Å². The number of hydrogen-bond donors (Lipinski definition) is 1. The number of amides is 1. The van der Waals surface area contributed by atoms with Crippen LogP contribution >= 0.6 is 36.4 Å². The number of imidazole rings is 1. The van der Waals surface area contributed by atoms with Crippen molar-refractivity contribution in [1.82, 2.24) is 14.9 Å². The lowest BCUT2D eigenvalue weighted by molar-refractivity contribution is -0.124. The molecule has 2 aromatic carbocycles. The highest BCUT2D eigenvalue weighted by molar-refractivity contribution is 7.90. The Bertz CT molecular complexity index is 1410. The predicted octanol–water partition coefficient (Wildman–Crippen LogP) is 4.95. The fourth-order valence-corrected chi connectivity index (χ4v) is 6.01. The number of aromatic nitrogens is 2. The number of rotatable bonds is 8. The van der Waals surface area contributed by atoms with Crippen LogP contribution in [0.1, 0.15) is 43.1 Å². The standard InChI is InChI=1S/C27H30ClN5O3S.2ClH/c1-27(2,20-9-7-19(14-29)8-10-20)26(24-15-30-18-31-24)33-17-25(34)32(22-6-4-5-21(28)13-22)16-23(33)11-12-37(3,35)36;;/h4-10,13,15,18,23,26H,11-12,16-17H2,1-3H3,(H,30,31);2*1H/t23-,26?;;/m0../s1. The van der Waals surface area contributed by atoms with Gasteiger partial charge in [0.2, 0.25) is 5.91 Å². The average Bonchev–Trinajstić information content (AvgIpc) is 3.37. The van der Waals surface area contributed by atoms with Crippen LogP contribution in [-0.2, 0) is 20.0 Å². The molecule has 210 valence electrons. The van der Waals surface area contributed by atoms with Gasteiger partial charge in [0.05, 0.1) is 42.0 Å². The molecule has 1 unspecified atom stereocenters. The number of piperazine rings is 1. The molecule has 4 rings (SSSR count). The molecular weight excluding hydrogens is 581 g/mol. The summed E-state index contributed by atoms with van der Waals surface area (Å²) in [6.07, 6.45) is 4.94. The molecular formula is C27H32Cl3N5O3S. The minimum atomic E-state index is -3.23. The van der Waals surface area contributed by atoms with Crippen LogP contribution in [0.25, 0.3) is 0 Å². The minimum absolute atomic E-state index is 0. The lowest BCUT2D eigenvalue weighted by atomic mass is 9.74. The number of carbonyl (C=O) groups excluding carboxylic acids is 1. The Morgan fingerprint density at radius 1 is 1.21 bits per heavy atom. The summed E-state index contributed by atoms with van der Waals surface area (Å²) >= 11 is 6.21. The van der Waals surface area contributed by atoms with Crippen molar-refractivity contribution in [3.63, 3.8) is 0 Å². The zero-order valence-corrected chi connectivity index (χ0v) is 25.1. The van der Waals surface area contributed by atoms with Gasteiger partial charge in [0, 0.05) is 41.2 Å². The van der Waals surface area contributed by atoms with Crippen molar-refractivity contribution in [3.8, 4) is 6.07 Å². The third-order valence-corrected chi connectivity index (χ3v) is 8.22. The lowest BCUT2D eigenvalue weighted by Crippen LogP contribution is -2.60. The second-order valence-electron chi connectivity index (χ2n) is 10.0. The Morgan fingerprint density at radius 3 is 2.46 bits per heavy atom. The normalized spacial score (nSPS) is 17.1. The summed E-state index contributed by atoms with van der Waals surface area (Å²) in [5, 5.41) is 9.77. The summed E-state index contributed by atoms with van der Waals surface area (Å²) in [4.78, 5) is 24.8. The monoisotopic (exact) mass is 611 g/mol. The van der Waals surface area contributed by atoms with Crippen LogP contribution in [0.15, 0.2) is 61.1 Å². The van der Waals surface area contributed by atoms with Crippen molar-refractivity contribution < 1.29 is 13.2 Å². The van der Waals surface area contributed by atoms with Crippen molar-refractivity contribution in [2.45, 2.75) is 37.8 Å². The fourth-order valence-electron chi connectivity index (χ4n) is 5.12. The number of nitrogens with one attached hydrogen (secondary N) is 1. The van der Waals surface area contributed by atoms with E-state index in [-0.39, 0.29) is 55.1 Å². The average molecular weight is 613 g/mol. The van der Waals surface area contributed by atoms with Gasteiger partial charge in [-0.1, -0.05) is 43.6 Å². The molecule has 1 aliphatic rings. The zero-order valence-electron chi connectivity index (χ0n) is 21.9. The quantitative estimate of drug-likeness (QED) is 0.386. The molecule has 1 amide bonds. The number of aromatic amines is 1. The van der Waals surface area contributed by atoms with E-state index in [1.54, 1.807) is 47.8 Å². The molecule has 1 aliphatic heterocycles. The summed E-state index contributed by atoms with van der Waals surface area (Å²) in [6.45, 7) is 4.58. The highest BCUT2D eigenvalue weighted by Crippen LogP contribution is 2.43. The first-order chi connectivity index (χ1) is 17.5. The van der Waals surface area contributed by atoms with Crippen molar-refractivity contribution in [3.05, 3.63) is 82.9 Å². The molecule has 8 nitrogen and oxygen atoms in total. The number of H-pyrrole nitrogens is 1. The molecule has 0 aliphatic carbocycles. The van der Waals surface area contributed by atoms with E-state index >= 15 is 0 Å². The van der Waals surface area contributed by atoms with Gasteiger partial charge in [0.25, 0.3) is 0 Å². The van der Waals surface area contributed by atoms with Gasteiger partial charge in [0.1, 0.15) is 9.84 Å². The van der Waals surface area contributed by atoms with Crippen LogP contribution in [0.3, 0.4) is 0 Å². The number of anilines is 1. The Hall–Kier alpha value is -2.61. The summed E-state index contributed by atoms with van der Waals surface area (Å²) in [6, 6.07) is 16.1. The summed E-state index contributed by atoms with van der Waals surface area (Å²) in [5.41, 5.74) is 2.53. The van der Waals surface area contributed by atoms with Crippen LogP contribution in [0.4, 0.5) is 5.69 Å². The molecule has 39 heavy (non-hydrogen) atoms. The summed E-state index contributed by atoms with van der Waals surface area (Å²) < 4.78 is 24.3. The highest BCUT2D eigenvalue weighted by Gasteiger charge is 2.45. The molecule has 0 spiro atoms. The van der Waals surface area contributed by atoms with Crippen LogP contribution in [0.5, 0.6) is 0 Å². The molecule has 0 bridgehead atoms. The van der Waals surface area contributed by atoms with Crippen LogP contribution in [0, 0.1) is 11.3 Å². The Morgan fingerprint density at radius 2 is 1.90 bits per heavy atom. The van der Waals surface area contributed by atoms with Gasteiger partial charge in [-0.2, -0.15) is 5.26 Å². The van der Waals surface area contributed by atoms with E-state index in [0.29, 0.717) is 29.2 Å². The van der Waals surface area contributed by atoms with Gasteiger partial charge in [-0.15, -0.1) is 24.8 Å². The SMILES string of the molecule is CC(C)(c1ccc(C#N)cc1)C(c1cnc[nH]1)N1CC(=O)N(c2cccc(Cl)c2)C[C@@H]1CCS(C)(=O)=O.Cl.Cl. The Kier molecular flexibility index (Phi) is 11.0. The molecule has 1 fully saturated rings. The van der Waals surface area contributed by atoms with Crippen molar-refractivity contribution in [2.24, 2.45) is 0 Å². The van der Waals surface area contributed by atoms with Gasteiger partial charge < -0.3 is 9.88 Å². The Balaban J connectivity index is 0.00000267. The number of benzene rings is 2. The van der Waals surface area contributed by atoms with Gasteiger partial charge in [-0.3, -0.25) is 9.69 Å². The van der Waals surface area contributed by atoms with Crippen molar-refractivity contribution in [2.75, 3.05) is 30.0 Å². The molecule has 1 aromatic heterocycles. The maximum Gasteiger partial charge on any atom is 0.241 e. The van der Waals surface area contributed by atoms with E-state index in [1.165, 1.54) is 6.26 Å². The van der Waals surface area contributed by atoms with Crippen molar-refractivity contribution >= 4 is 57.8 Å². The van der Waals surface area contributed by atoms with E-state index in [2.05, 4.69) is 34.8 Å². The highest BCUT2D eigenvalue weighted by atomic mass is 35.5. The molecule has 2 atom stereocenters. The first kappa shape index (κ1) is 32.6. The minimum Gasteiger partial charge on any atom is -0.347 e. The van der Waals surface area contributed by atoms with Crippen LogP contribution < -0.4 is 4.90 Å². The number of nitrogens with zero attached hydrogens (tertiary/aromatic N) is 4. The van der Waals surface area contributed by atoms with E-state index in [0.717, 1.165) is 11.3 Å². The van der Waals surface area contributed by atoms with E-state index in [1.807, 2.05) is 18.2 Å². The van der Waals surface area contributed by atoms with Gasteiger partial charge in [-0.05, 0) is 42.3 Å². The number of halogens is 3. The number of sulfone groups is 1. The molecule has 12 heteroatoms. The van der Waals surface area contributed by atoms with E-state index < -0.39 is 15.3 Å². The number of carbonyl (C=O) groups is 1. The molecule has 3 aromatic rings. The maximum atomic E-state index is 13.5. The summed E-state index contributed by atoms with van der Waals surface area (Å²) in [5.74, 6) is -0.100. The van der Waals surface area contributed by atoms with Crippen molar-refractivity contribution in [1.29, 1.82) is 5.26 Å². The van der Waals surface area contributed by atoms with E-state index in [4.69, 9.17) is 11.6 Å². The maximum absolute atomic E-state index is 13.5. The first-order valence-electron chi connectivity index (χ1n) is 12.0. The fraction of sp³-hybridized carbons (Fsp3) is 0.370. The van der Waals surface area contributed by atoms with Crippen LogP contribution in [-0.4, -0.2) is 60.3 Å². The topological polar surface area (TPSA) is 110 Å². The smallest absolute Gasteiger partial charge is 0.241 e. The van der Waals surface area contributed by atoms with E-state index in [9.17, 15) is 18.5 Å². The molecule has 1 saturated heterocycles. The summed E-state index contributed by atoms with van der Waals surface area (Å²) in [7, 11) is -3.23. The largest absolute Gasteiger partial charge is 0.347 e. The van der Waals surface area contributed by atoms with Gasteiger partial charge in [0.15, 0.2) is 0 Å². The zero-order chi connectivity index (χ0) is 26.8. The molecule has 0 saturated carbocycles. The first-order valence-corrected chi connectivity index (χ1v) is 14.4. The second-order valence-corrected chi connectivity index (χ2v) is 12.7. The molecule has 2 heterocycles. The second kappa shape index (κ2) is 13.2. The predicted molar refractivity (Wildman–Crippen MR) is 159 cm³/mol. The third-order valence-electron chi connectivity index (χ3n) is 7.01. The van der Waals surface area contributed by atoms with Gasteiger partial charge >= 0.3 is 0 Å².